The number of carbonyl (C=O) groups is 3. The zero-order valence-corrected chi connectivity index (χ0v) is 14.9. The van der Waals surface area contributed by atoms with Crippen molar-refractivity contribution in [1.82, 2.24) is 0 Å². The number of ether oxygens (including phenoxy) is 2. The van der Waals surface area contributed by atoms with E-state index in [0.29, 0.717) is 32.1 Å². The first-order chi connectivity index (χ1) is 11.9. The smallest absolute Gasteiger partial charge is 0.341 e. The molecule has 0 bridgehead atoms. The average Bonchev–Trinajstić information content (AvgIpc) is 3.06. The lowest BCUT2D eigenvalue weighted by Gasteiger charge is -2.14. The van der Waals surface area contributed by atoms with Crippen molar-refractivity contribution in [3.05, 3.63) is 51.4 Å². The van der Waals surface area contributed by atoms with Crippen molar-refractivity contribution < 1.29 is 23.9 Å². The maximum Gasteiger partial charge on any atom is 0.341 e. The lowest BCUT2D eigenvalue weighted by atomic mass is 10.1. The highest BCUT2D eigenvalue weighted by Crippen LogP contribution is 2.38. The fourth-order valence-electron chi connectivity index (χ4n) is 2.77. The van der Waals surface area contributed by atoms with Gasteiger partial charge < -0.3 is 14.8 Å². The number of nitrogens with one attached hydrogen (secondary N) is 1. The van der Waals surface area contributed by atoms with Crippen molar-refractivity contribution in [2.45, 2.75) is 27.0 Å². The van der Waals surface area contributed by atoms with Crippen LogP contribution in [0.1, 0.15) is 61.6 Å². The molecule has 0 aliphatic carbocycles. The molecule has 25 heavy (non-hydrogen) atoms. The standard InChI is InChI=1S/C18H17NO5S/c1-4-23-18(22)13-9(2)14(10(3)20)25-16(13)19-15-11-7-5-6-8-12(11)17(21)24-15/h5-8,15,19H,4H2,1-3H3/t15-/m0/s1. The van der Waals surface area contributed by atoms with Gasteiger partial charge in [0.25, 0.3) is 0 Å². The summed E-state index contributed by atoms with van der Waals surface area (Å²) in [5, 5.41) is 3.53. The number of fused-ring (bicyclic) bond motifs is 1. The van der Waals surface area contributed by atoms with Crippen LogP contribution in [0, 0.1) is 6.92 Å². The Morgan fingerprint density at radius 3 is 2.72 bits per heavy atom. The Balaban J connectivity index is 2.00. The van der Waals surface area contributed by atoms with Crippen molar-refractivity contribution in [2.24, 2.45) is 0 Å². The summed E-state index contributed by atoms with van der Waals surface area (Å²) in [4.78, 5) is 36.6. The van der Waals surface area contributed by atoms with Crippen molar-refractivity contribution in [3.8, 4) is 0 Å². The van der Waals surface area contributed by atoms with Gasteiger partial charge in [0.2, 0.25) is 6.23 Å². The molecule has 1 aliphatic heterocycles. The van der Waals surface area contributed by atoms with Gasteiger partial charge in [-0.25, -0.2) is 9.59 Å². The molecule has 1 aliphatic rings. The quantitative estimate of drug-likeness (QED) is 0.647. The highest BCUT2D eigenvalue weighted by molar-refractivity contribution is 7.18. The van der Waals surface area contributed by atoms with Gasteiger partial charge in [-0.05, 0) is 32.4 Å². The predicted octanol–water partition coefficient (Wildman–Crippen LogP) is 3.72. The molecule has 7 heteroatoms. The van der Waals surface area contributed by atoms with Crippen molar-refractivity contribution in [2.75, 3.05) is 11.9 Å². The van der Waals surface area contributed by atoms with Crippen LogP contribution in [0.15, 0.2) is 24.3 Å². The van der Waals surface area contributed by atoms with Gasteiger partial charge in [0.15, 0.2) is 5.78 Å². The number of anilines is 1. The Hall–Kier alpha value is -2.67. The summed E-state index contributed by atoms with van der Waals surface area (Å²) in [5.74, 6) is -1.07. The lowest BCUT2D eigenvalue weighted by Crippen LogP contribution is -2.13. The van der Waals surface area contributed by atoms with E-state index in [-0.39, 0.29) is 12.4 Å². The van der Waals surface area contributed by atoms with E-state index < -0.39 is 18.2 Å². The van der Waals surface area contributed by atoms with Gasteiger partial charge in [0.1, 0.15) is 5.00 Å². The maximum absolute atomic E-state index is 12.3. The largest absolute Gasteiger partial charge is 0.462 e. The van der Waals surface area contributed by atoms with Gasteiger partial charge in [-0.15, -0.1) is 11.3 Å². The van der Waals surface area contributed by atoms with E-state index in [0.717, 1.165) is 11.3 Å². The Labute approximate surface area is 148 Å². The van der Waals surface area contributed by atoms with E-state index >= 15 is 0 Å². The number of hydrogen-bond donors (Lipinski definition) is 1. The van der Waals surface area contributed by atoms with Crippen LogP contribution in [-0.4, -0.2) is 24.3 Å². The summed E-state index contributed by atoms with van der Waals surface area (Å²) in [6.45, 7) is 5.10. The number of Topliss-reactive ketones (excluding diaryl/α,β-unsaturated/α-hetero) is 1. The molecule has 1 aromatic heterocycles. The molecule has 0 amide bonds. The highest BCUT2D eigenvalue weighted by Gasteiger charge is 2.33. The number of benzene rings is 1. The number of hydrogen-bond acceptors (Lipinski definition) is 7. The number of carbonyl (C=O) groups excluding carboxylic acids is 3. The molecule has 0 saturated heterocycles. The first-order valence-corrected chi connectivity index (χ1v) is 8.63. The van der Waals surface area contributed by atoms with Gasteiger partial charge in [-0.1, -0.05) is 18.2 Å². The van der Waals surface area contributed by atoms with Gasteiger partial charge >= 0.3 is 11.9 Å². The minimum Gasteiger partial charge on any atom is -0.462 e. The first kappa shape index (κ1) is 17.2. The first-order valence-electron chi connectivity index (χ1n) is 7.82. The molecule has 6 nitrogen and oxygen atoms in total. The zero-order chi connectivity index (χ0) is 18.1. The number of ketones is 1. The van der Waals surface area contributed by atoms with Crippen LogP contribution >= 0.6 is 11.3 Å². The molecular formula is C18H17NO5S. The molecule has 0 unspecified atom stereocenters. The molecule has 0 spiro atoms. The van der Waals surface area contributed by atoms with Crippen LogP contribution < -0.4 is 5.32 Å². The molecule has 3 rings (SSSR count). The highest BCUT2D eigenvalue weighted by atomic mass is 32.1. The second-order valence-corrected chi connectivity index (χ2v) is 6.57. The summed E-state index contributed by atoms with van der Waals surface area (Å²) >= 11 is 1.16. The van der Waals surface area contributed by atoms with Gasteiger partial charge in [0.05, 0.1) is 22.6 Å². The summed E-state index contributed by atoms with van der Waals surface area (Å²) in [7, 11) is 0. The molecule has 0 saturated carbocycles. The third-order valence-electron chi connectivity index (χ3n) is 3.90. The van der Waals surface area contributed by atoms with E-state index in [9.17, 15) is 14.4 Å². The molecule has 1 atom stereocenters. The fourth-order valence-corrected chi connectivity index (χ4v) is 3.88. The van der Waals surface area contributed by atoms with Crippen LogP contribution in [-0.2, 0) is 9.47 Å². The number of thiophene rings is 1. The number of esters is 2. The van der Waals surface area contributed by atoms with E-state index in [1.807, 2.05) is 6.07 Å². The number of cyclic esters (lactones) is 1. The molecule has 2 aromatic rings. The Bertz CT molecular complexity index is 870. The van der Waals surface area contributed by atoms with Crippen LogP contribution in [0.2, 0.25) is 0 Å². The molecule has 1 N–H and O–H groups in total. The topological polar surface area (TPSA) is 81.7 Å². The molecule has 0 radical (unpaired) electrons. The molecule has 2 heterocycles. The Morgan fingerprint density at radius 2 is 2.04 bits per heavy atom. The van der Waals surface area contributed by atoms with E-state index in [1.165, 1.54) is 6.92 Å². The minimum absolute atomic E-state index is 0.134. The van der Waals surface area contributed by atoms with Crippen LogP contribution in [0.3, 0.4) is 0 Å². The van der Waals surface area contributed by atoms with Crippen molar-refractivity contribution in [1.29, 1.82) is 0 Å². The van der Waals surface area contributed by atoms with Gasteiger partial charge in [-0.2, -0.15) is 0 Å². The molecule has 0 fully saturated rings. The Kier molecular flexibility index (Phi) is 4.59. The third kappa shape index (κ3) is 3.02. The molecule has 1 aromatic carbocycles. The normalized spacial score (nSPS) is 15.5. The lowest BCUT2D eigenvalue weighted by molar-refractivity contribution is 0.0437. The van der Waals surface area contributed by atoms with Crippen molar-refractivity contribution in [3.63, 3.8) is 0 Å². The summed E-state index contributed by atoms with van der Waals surface area (Å²) in [5.41, 5.74) is 2.05. The maximum atomic E-state index is 12.3. The van der Waals surface area contributed by atoms with Crippen LogP contribution in [0.25, 0.3) is 0 Å². The Morgan fingerprint density at radius 1 is 1.32 bits per heavy atom. The van der Waals surface area contributed by atoms with E-state index in [1.54, 1.807) is 32.0 Å². The summed E-state index contributed by atoms with van der Waals surface area (Å²) in [6, 6.07) is 7.04. The fraction of sp³-hybridized carbons (Fsp3) is 0.278. The van der Waals surface area contributed by atoms with Crippen molar-refractivity contribution >= 4 is 34.1 Å². The third-order valence-corrected chi connectivity index (χ3v) is 5.22. The summed E-state index contributed by atoms with van der Waals surface area (Å²) < 4.78 is 10.5. The predicted molar refractivity (Wildman–Crippen MR) is 93.2 cm³/mol. The molecule has 130 valence electrons. The van der Waals surface area contributed by atoms with E-state index in [2.05, 4.69) is 5.32 Å². The van der Waals surface area contributed by atoms with E-state index in [4.69, 9.17) is 9.47 Å². The SMILES string of the molecule is CCOC(=O)c1c(N[C@H]2OC(=O)c3ccccc32)sc(C(C)=O)c1C. The summed E-state index contributed by atoms with van der Waals surface area (Å²) in [6.07, 6.45) is -0.713. The van der Waals surface area contributed by atoms with Crippen LogP contribution in [0.5, 0.6) is 0 Å². The average molecular weight is 359 g/mol. The number of rotatable bonds is 5. The van der Waals surface area contributed by atoms with Gasteiger partial charge in [-0.3, -0.25) is 4.79 Å². The second kappa shape index (κ2) is 6.68. The monoisotopic (exact) mass is 359 g/mol. The molecular weight excluding hydrogens is 342 g/mol. The second-order valence-electron chi connectivity index (χ2n) is 5.55. The van der Waals surface area contributed by atoms with Crippen LogP contribution in [0.4, 0.5) is 5.00 Å². The zero-order valence-electron chi connectivity index (χ0n) is 14.0. The van der Waals surface area contributed by atoms with Gasteiger partial charge in [0, 0.05) is 5.56 Å². The minimum atomic E-state index is -0.713.